The standard InChI is InChI=1S/C30H35F2N7O2/c1-29(2)16-20-17-34-28(33)35-24(20)26-23(29)25(36-37-26)22(40)15-18-3-5-19(6-4-18)27(41)39-11-7-21(8-12-39)38-13-9-30(31,32)10-14-38/h3-6,17,21H,7-16H2,1-2H3,(H,36,37)(H2,33,34,35). The highest BCUT2D eigenvalue weighted by atomic mass is 19.3. The van der Waals surface area contributed by atoms with Gasteiger partial charge < -0.3 is 10.6 Å². The number of amides is 1. The predicted octanol–water partition coefficient (Wildman–Crippen LogP) is 4.04. The van der Waals surface area contributed by atoms with Gasteiger partial charge in [-0.3, -0.25) is 19.6 Å². The van der Waals surface area contributed by atoms with Gasteiger partial charge in [-0.05, 0) is 47.9 Å². The number of H-pyrrole nitrogens is 1. The average molecular weight is 564 g/mol. The van der Waals surface area contributed by atoms with Gasteiger partial charge in [0.25, 0.3) is 11.8 Å². The van der Waals surface area contributed by atoms with E-state index in [1.54, 1.807) is 18.3 Å². The molecule has 3 N–H and O–H groups in total. The van der Waals surface area contributed by atoms with Crippen LogP contribution in [0.5, 0.6) is 0 Å². The largest absolute Gasteiger partial charge is 0.368 e. The SMILES string of the molecule is CC1(C)Cc2cnc(N)nc2-c2n[nH]c(C(=O)Cc3ccc(C(=O)N4CCC(N5CCC(F)(F)CC5)CC4)cc3)c21. The number of piperidine rings is 2. The smallest absolute Gasteiger partial charge is 0.253 e. The van der Waals surface area contributed by atoms with Crippen LogP contribution in [0.3, 0.4) is 0 Å². The number of aromatic nitrogens is 4. The minimum absolute atomic E-state index is 0.0455. The Balaban J connectivity index is 1.09. The zero-order chi connectivity index (χ0) is 28.9. The Labute approximate surface area is 237 Å². The van der Waals surface area contributed by atoms with E-state index >= 15 is 0 Å². The number of Topliss-reactive ketones (excluding diaryl/α,β-unsaturated/α-hetero) is 1. The summed E-state index contributed by atoms with van der Waals surface area (Å²) in [6.07, 6.45) is 3.96. The number of nitrogens with one attached hydrogen (secondary N) is 1. The van der Waals surface area contributed by atoms with E-state index in [9.17, 15) is 18.4 Å². The van der Waals surface area contributed by atoms with Crippen molar-refractivity contribution in [2.75, 3.05) is 31.9 Å². The van der Waals surface area contributed by atoms with Gasteiger partial charge in [-0.25, -0.2) is 18.7 Å². The number of fused-ring (bicyclic) bond motifs is 3. The van der Waals surface area contributed by atoms with E-state index in [1.807, 2.05) is 17.0 Å². The summed E-state index contributed by atoms with van der Waals surface area (Å²) in [6.45, 7) is 6.20. The van der Waals surface area contributed by atoms with E-state index in [-0.39, 0.29) is 48.4 Å². The number of likely N-dealkylation sites (tertiary alicyclic amines) is 2. The van der Waals surface area contributed by atoms with Crippen LogP contribution in [0.1, 0.15) is 77.1 Å². The molecule has 216 valence electrons. The van der Waals surface area contributed by atoms with Crippen molar-refractivity contribution in [3.05, 3.63) is 58.4 Å². The van der Waals surface area contributed by atoms with Crippen molar-refractivity contribution in [1.29, 1.82) is 0 Å². The molecule has 41 heavy (non-hydrogen) atoms. The lowest BCUT2D eigenvalue weighted by Gasteiger charge is -2.41. The number of nitrogens with two attached hydrogens (primary N) is 1. The van der Waals surface area contributed by atoms with Crippen LogP contribution in [-0.2, 0) is 18.3 Å². The molecule has 6 rings (SSSR count). The number of anilines is 1. The Morgan fingerprint density at radius 2 is 1.73 bits per heavy atom. The molecule has 11 heteroatoms. The lowest BCUT2D eigenvalue weighted by molar-refractivity contribution is -0.0668. The molecule has 0 saturated carbocycles. The zero-order valence-corrected chi connectivity index (χ0v) is 23.4. The molecule has 4 heterocycles. The first-order chi connectivity index (χ1) is 19.5. The van der Waals surface area contributed by atoms with Crippen molar-refractivity contribution in [2.45, 2.75) is 69.8 Å². The number of nitrogen functional groups attached to an aromatic ring is 1. The highest BCUT2D eigenvalue weighted by Crippen LogP contribution is 2.43. The summed E-state index contributed by atoms with van der Waals surface area (Å²) >= 11 is 0. The molecule has 9 nitrogen and oxygen atoms in total. The van der Waals surface area contributed by atoms with Gasteiger partial charge in [0.05, 0.1) is 5.69 Å². The van der Waals surface area contributed by atoms with Crippen molar-refractivity contribution in [1.82, 2.24) is 30.0 Å². The van der Waals surface area contributed by atoms with Gasteiger partial charge in [0.2, 0.25) is 5.95 Å². The Morgan fingerprint density at radius 3 is 2.41 bits per heavy atom. The van der Waals surface area contributed by atoms with Crippen LogP contribution in [0.15, 0.2) is 30.5 Å². The van der Waals surface area contributed by atoms with Gasteiger partial charge in [0, 0.05) is 68.8 Å². The predicted molar refractivity (Wildman–Crippen MR) is 150 cm³/mol. The van der Waals surface area contributed by atoms with E-state index in [0.717, 1.165) is 29.5 Å². The number of carbonyl (C=O) groups is 2. The molecule has 0 bridgehead atoms. The maximum atomic E-state index is 13.5. The van der Waals surface area contributed by atoms with Crippen LogP contribution in [0, 0.1) is 0 Å². The summed E-state index contributed by atoms with van der Waals surface area (Å²) in [7, 11) is 0. The second kappa shape index (κ2) is 10.3. The number of hydrogen-bond acceptors (Lipinski definition) is 7. The van der Waals surface area contributed by atoms with Gasteiger partial charge >= 0.3 is 0 Å². The van der Waals surface area contributed by atoms with Crippen LogP contribution in [0.25, 0.3) is 11.4 Å². The third-order valence-electron chi connectivity index (χ3n) is 8.83. The molecule has 3 aliphatic rings. The first-order valence-electron chi connectivity index (χ1n) is 14.2. The van der Waals surface area contributed by atoms with Gasteiger partial charge in [-0.15, -0.1) is 0 Å². The lowest BCUT2D eigenvalue weighted by atomic mass is 9.72. The van der Waals surface area contributed by atoms with E-state index < -0.39 is 5.92 Å². The molecule has 0 unspecified atom stereocenters. The molecule has 0 spiro atoms. The number of benzene rings is 1. The molecule has 2 aliphatic heterocycles. The summed E-state index contributed by atoms with van der Waals surface area (Å²) in [5.41, 5.74) is 10.4. The molecule has 0 atom stereocenters. The van der Waals surface area contributed by atoms with E-state index in [2.05, 4.69) is 38.9 Å². The number of rotatable bonds is 5. The first kappa shape index (κ1) is 27.4. The van der Waals surface area contributed by atoms with Crippen LogP contribution in [-0.4, -0.2) is 79.8 Å². The molecule has 1 aromatic carbocycles. The van der Waals surface area contributed by atoms with Crippen LogP contribution in [0.2, 0.25) is 0 Å². The fourth-order valence-electron chi connectivity index (χ4n) is 6.57. The Kier molecular flexibility index (Phi) is 6.88. The van der Waals surface area contributed by atoms with Gasteiger partial charge in [0.1, 0.15) is 11.4 Å². The molecule has 0 radical (unpaired) electrons. The maximum absolute atomic E-state index is 13.5. The summed E-state index contributed by atoms with van der Waals surface area (Å²) in [6, 6.07) is 7.43. The second-order valence-electron chi connectivity index (χ2n) is 12.2. The number of nitrogens with zero attached hydrogens (tertiary/aromatic N) is 5. The monoisotopic (exact) mass is 563 g/mol. The fraction of sp³-hybridized carbons (Fsp3) is 0.500. The summed E-state index contributed by atoms with van der Waals surface area (Å²) in [4.78, 5) is 39.1. The number of alkyl halides is 2. The molecule has 1 aliphatic carbocycles. The molecule has 2 fully saturated rings. The van der Waals surface area contributed by atoms with Crippen molar-refractivity contribution in [3.8, 4) is 11.4 Å². The van der Waals surface area contributed by atoms with Crippen molar-refractivity contribution in [3.63, 3.8) is 0 Å². The van der Waals surface area contributed by atoms with E-state index in [1.165, 1.54) is 0 Å². The highest BCUT2D eigenvalue weighted by Gasteiger charge is 2.39. The van der Waals surface area contributed by atoms with Gasteiger partial charge in [0.15, 0.2) is 5.78 Å². The lowest BCUT2D eigenvalue weighted by Crippen LogP contribution is -2.50. The molecule has 2 saturated heterocycles. The normalized spacial score (nSPS) is 20.3. The van der Waals surface area contributed by atoms with Crippen LogP contribution in [0.4, 0.5) is 14.7 Å². The minimum atomic E-state index is -2.55. The highest BCUT2D eigenvalue weighted by molar-refractivity contribution is 5.99. The van der Waals surface area contributed by atoms with Crippen LogP contribution >= 0.6 is 0 Å². The van der Waals surface area contributed by atoms with Crippen molar-refractivity contribution < 1.29 is 18.4 Å². The summed E-state index contributed by atoms with van der Waals surface area (Å²) in [5, 5.41) is 7.40. The summed E-state index contributed by atoms with van der Waals surface area (Å²) < 4.78 is 27.0. The first-order valence-corrected chi connectivity index (χ1v) is 14.2. The van der Waals surface area contributed by atoms with Crippen molar-refractivity contribution >= 4 is 17.6 Å². The fourth-order valence-corrected chi connectivity index (χ4v) is 6.57. The van der Waals surface area contributed by atoms with E-state index in [0.29, 0.717) is 55.2 Å². The summed E-state index contributed by atoms with van der Waals surface area (Å²) in [5.74, 6) is -2.52. The van der Waals surface area contributed by atoms with Gasteiger partial charge in [-0.2, -0.15) is 5.10 Å². The molecular weight excluding hydrogens is 528 g/mol. The van der Waals surface area contributed by atoms with Gasteiger partial charge in [-0.1, -0.05) is 26.0 Å². The average Bonchev–Trinajstić information content (AvgIpc) is 3.41. The molecule has 2 aromatic heterocycles. The number of hydrogen-bond donors (Lipinski definition) is 2. The Bertz CT molecular complexity index is 1470. The third-order valence-corrected chi connectivity index (χ3v) is 8.83. The Hall–Kier alpha value is -3.73. The number of aromatic amines is 1. The number of halogens is 2. The maximum Gasteiger partial charge on any atom is 0.253 e. The number of ketones is 1. The number of carbonyl (C=O) groups excluding carboxylic acids is 2. The van der Waals surface area contributed by atoms with Crippen LogP contribution < -0.4 is 5.73 Å². The Morgan fingerprint density at radius 1 is 1.05 bits per heavy atom. The molecule has 1 amide bonds. The van der Waals surface area contributed by atoms with Crippen molar-refractivity contribution in [2.24, 2.45) is 0 Å². The topological polar surface area (TPSA) is 121 Å². The third kappa shape index (κ3) is 5.35. The molecule has 3 aromatic rings. The minimum Gasteiger partial charge on any atom is -0.368 e. The van der Waals surface area contributed by atoms with E-state index in [4.69, 9.17) is 5.73 Å². The quantitative estimate of drug-likeness (QED) is 0.450. The molecular formula is C30H35F2N7O2. The zero-order valence-electron chi connectivity index (χ0n) is 23.4. The second-order valence-corrected chi connectivity index (χ2v) is 12.2.